The van der Waals surface area contributed by atoms with E-state index in [1.165, 1.54) is 0 Å². The smallest absolute Gasteiger partial charge is 0.233 e. The number of aromatic nitrogens is 2. The van der Waals surface area contributed by atoms with Crippen LogP contribution in [0.5, 0.6) is 0 Å². The minimum atomic E-state index is -3.34. The van der Waals surface area contributed by atoms with Gasteiger partial charge in [0.15, 0.2) is 11.6 Å². The summed E-state index contributed by atoms with van der Waals surface area (Å²) < 4.78 is 25.6. The second-order valence-electron chi connectivity index (χ2n) is 4.83. The molecule has 1 aliphatic rings. The maximum atomic E-state index is 11.6. The Hall–Kier alpha value is -1.90. The number of hydrogen-bond acceptors (Lipinski definition) is 6. The molecule has 21 heavy (non-hydrogen) atoms. The highest BCUT2D eigenvalue weighted by molar-refractivity contribution is 7.92. The largest absolute Gasteiger partial charge is 0.352 e. The van der Waals surface area contributed by atoms with E-state index in [2.05, 4.69) is 14.9 Å². The van der Waals surface area contributed by atoms with Gasteiger partial charge in [-0.05, 0) is 18.6 Å². The van der Waals surface area contributed by atoms with Crippen molar-refractivity contribution in [3.05, 3.63) is 12.1 Å². The molecule has 1 amide bonds. The number of sulfonamides is 1. The van der Waals surface area contributed by atoms with Gasteiger partial charge in [0.2, 0.25) is 16.4 Å². The Bertz CT molecular complexity index is 567. The number of carbonyl (C=O) groups is 1. The van der Waals surface area contributed by atoms with E-state index < -0.39 is 10.0 Å². The summed E-state index contributed by atoms with van der Waals surface area (Å²) in [6, 6.07) is 3.33. The van der Waals surface area contributed by atoms with Gasteiger partial charge in [-0.25, -0.2) is 8.42 Å². The molecule has 0 aliphatic carbocycles. The predicted molar refractivity (Wildman–Crippen MR) is 79.6 cm³/mol. The fourth-order valence-corrected chi connectivity index (χ4v) is 3.15. The van der Waals surface area contributed by atoms with Crippen molar-refractivity contribution in [1.82, 2.24) is 15.1 Å². The Kier molecular flexibility index (Phi) is 4.94. The highest BCUT2D eigenvalue weighted by Gasteiger charge is 2.17. The molecule has 0 unspecified atom stereocenters. The summed E-state index contributed by atoms with van der Waals surface area (Å²) in [7, 11) is -3.34. The summed E-state index contributed by atoms with van der Waals surface area (Å²) in [5.74, 6) is 0.960. The normalized spacial score (nSPS) is 15.9. The third-order valence-corrected chi connectivity index (χ3v) is 4.64. The van der Waals surface area contributed by atoms with Crippen molar-refractivity contribution >= 4 is 28.1 Å². The molecule has 1 saturated heterocycles. The highest BCUT2D eigenvalue weighted by Crippen LogP contribution is 2.14. The molecular weight excluding hydrogens is 294 g/mol. The summed E-state index contributed by atoms with van der Waals surface area (Å²) >= 11 is 0. The van der Waals surface area contributed by atoms with Gasteiger partial charge in [-0.3, -0.25) is 9.52 Å². The summed E-state index contributed by atoms with van der Waals surface area (Å²) in [4.78, 5) is 14.4. The molecule has 1 fully saturated rings. The zero-order valence-electron chi connectivity index (χ0n) is 11.9. The number of rotatable bonds is 6. The Labute approximate surface area is 124 Å². The lowest BCUT2D eigenvalue weighted by Gasteiger charge is -2.32. The molecule has 0 aromatic carbocycles. The van der Waals surface area contributed by atoms with Crippen LogP contribution in [0.25, 0.3) is 0 Å². The van der Waals surface area contributed by atoms with Crippen molar-refractivity contribution in [3.8, 4) is 0 Å². The molecule has 1 aliphatic heterocycles. The molecule has 2 rings (SSSR count). The molecule has 0 spiro atoms. The number of nitrogens with zero attached hydrogens (tertiary/aromatic N) is 4. The average Bonchev–Trinajstić information content (AvgIpc) is 2.48. The van der Waals surface area contributed by atoms with Gasteiger partial charge in [0.05, 0.1) is 5.75 Å². The summed E-state index contributed by atoms with van der Waals surface area (Å²) in [5, 5.41) is 7.94. The third-order valence-electron chi connectivity index (χ3n) is 3.17. The molecule has 0 bridgehead atoms. The Balaban J connectivity index is 1.98. The summed E-state index contributed by atoms with van der Waals surface area (Å²) in [5.41, 5.74) is 0. The number of carbonyl (C=O) groups excluding carboxylic acids is 1. The van der Waals surface area contributed by atoms with E-state index in [1.807, 2.05) is 4.90 Å². The van der Waals surface area contributed by atoms with Crippen molar-refractivity contribution < 1.29 is 13.2 Å². The topological polar surface area (TPSA) is 95.5 Å². The maximum Gasteiger partial charge on any atom is 0.233 e. The quantitative estimate of drug-likeness (QED) is 0.737. The molecule has 0 atom stereocenters. The SMILES string of the molecule is CCCS(=O)(=O)Nc1ccc(N2CCN(C=O)CC2)nn1. The van der Waals surface area contributed by atoms with Crippen molar-refractivity contribution in [2.75, 3.05) is 41.6 Å². The molecule has 0 saturated carbocycles. The first-order chi connectivity index (χ1) is 10.0. The Morgan fingerprint density at radius 1 is 1.24 bits per heavy atom. The van der Waals surface area contributed by atoms with E-state index in [9.17, 15) is 13.2 Å². The van der Waals surface area contributed by atoms with Crippen molar-refractivity contribution in [2.24, 2.45) is 0 Å². The number of nitrogens with one attached hydrogen (secondary N) is 1. The van der Waals surface area contributed by atoms with E-state index >= 15 is 0 Å². The van der Waals surface area contributed by atoms with E-state index in [0.29, 0.717) is 38.4 Å². The summed E-state index contributed by atoms with van der Waals surface area (Å²) in [6.07, 6.45) is 1.39. The van der Waals surface area contributed by atoms with Gasteiger partial charge in [-0.2, -0.15) is 0 Å². The zero-order valence-corrected chi connectivity index (χ0v) is 12.7. The van der Waals surface area contributed by atoms with Crippen LogP contribution >= 0.6 is 0 Å². The first kappa shape index (κ1) is 15.5. The van der Waals surface area contributed by atoms with Crippen LogP contribution in [0.3, 0.4) is 0 Å². The highest BCUT2D eigenvalue weighted by atomic mass is 32.2. The Morgan fingerprint density at radius 2 is 1.95 bits per heavy atom. The van der Waals surface area contributed by atoms with Crippen molar-refractivity contribution in [3.63, 3.8) is 0 Å². The van der Waals surface area contributed by atoms with Crippen LogP contribution < -0.4 is 9.62 Å². The van der Waals surface area contributed by atoms with Gasteiger partial charge in [-0.15, -0.1) is 10.2 Å². The van der Waals surface area contributed by atoms with Gasteiger partial charge in [-0.1, -0.05) is 6.92 Å². The number of piperazine rings is 1. The van der Waals surface area contributed by atoms with Crippen LogP contribution in [0.1, 0.15) is 13.3 Å². The molecular formula is C12H19N5O3S. The minimum Gasteiger partial charge on any atom is -0.352 e. The number of amides is 1. The van der Waals surface area contributed by atoms with Gasteiger partial charge in [0.1, 0.15) is 0 Å². The molecule has 8 nitrogen and oxygen atoms in total. The lowest BCUT2D eigenvalue weighted by atomic mass is 10.3. The first-order valence-electron chi connectivity index (χ1n) is 6.82. The monoisotopic (exact) mass is 313 g/mol. The van der Waals surface area contributed by atoms with Gasteiger partial charge in [0.25, 0.3) is 0 Å². The second kappa shape index (κ2) is 6.70. The molecule has 116 valence electrons. The standard InChI is InChI=1S/C12H19N5O3S/c1-2-9-21(19,20)15-11-3-4-12(14-13-11)17-7-5-16(10-18)6-8-17/h3-4,10H,2,5-9H2,1H3,(H,13,15). The van der Waals surface area contributed by atoms with E-state index in [4.69, 9.17) is 0 Å². The second-order valence-corrected chi connectivity index (χ2v) is 6.67. The fraction of sp³-hybridized carbons (Fsp3) is 0.583. The van der Waals surface area contributed by atoms with E-state index in [0.717, 1.165) is 6.41 Å². The van der Waals surface area contributed by atoms with Crippen LogP contribution in [0, 0.1) is 0 Å². The van der Waals surface area contributed by atoms with Crippen LogP contribution in [-0.4, -0.2) is 61.9 Å². The number of hydrogen-bond donors (Lipinski definition) is 1. The lowest BCUT2D eigenvalue weighted by Crippen LogP contribution is -2.46. The molecule has 9 heteroatoms. The summed E-state index contributed by atoms with van der Waals surface area (Å²) in [6.45, 7) is 4.47. The fourth-order valence-electron chi connectivity index (χ4n) is 2.08. The van der Waals surface area contributed by atoms with Crippen LogP contribution in [-0.2, 0) is 14.8 Å². The van der Waals surface area contributed by atoms with Crippen LogP contribution in [0.2, 0.25) is 0 Å². The molecule has 1 N–H and O–H groups in total. The third kappa shape index (κ3) is 4.28. The van der Waals surface area contributed by atoms with E-state index in [-0.39, 0.29) is 11.6 Å². The maximum absolute atomic E-state index is 11.6. The lowest BCUT2D eigenvalue weighted by molar-refractivity contribution is -0.118. The van der Waals surface area contributed by atoms with Crippen LogP contribution in [0.15, 0.2) is 12.1 Å². The van der Waals surface area contributed by atoms with Crippen molar-refractivity contribution in [2.45, 2.75) is 13.3 Å². The molecule has 0 radical (unpaired) electrons. The molecule has 1 aromatic rings. The van der Waals surface area contributed by atoms with E-state index in [1.54, 1.807) is 24.0 Å². The van der Waals surface area contributed by atoms with Crippen molar-refractivity contribution in [1.29, 1.82) is 0 Å². The van der Waals surface area contributed by atoms with Gasteiger partial charge >= 0.3 is 0 Å². The van der Waals surface area contributed by atoms with Gasteiger partial charge < -0.3 is 9.80 Å². The molecule has 2 heterocycles. The average molecular weight is 313 g/mol. The molecule has 1 aromatic heterocycles. The zero-order chi connectivity index (χ0) is 15.3. The first-order valence-corrected chi connectivity index (χ1v) is 8.48. The number of anilines is 2. The Morgan fingerprint density at radius 3 is 2.48 bits per heavy atom. The minimum absolute atomic E-state index is 0.0596. The van der Waals surface area contributed by atoms with Gasteiger partial charge in [0, 0.05) is 26.2 Å². The van der Waals surface area contributed by atoms with Crippen LogP contribution in [0.4, 0.5) is 11.6 Å². The predicted octanol–water partition coefficient (Wildman–Crippen LogP) is -0.0933.